The van der Waals surface area contributed by atoms with Gasteiger partial charge in [0.15, 0.2) is 18.1 Å². The minimum absolute atomic E-state index is 0.0337. The van der Waals surface area contributed by atoms with Gasteiger partial charge < -0.3 is 19.1 Å². The molecule has 0 unspecified atom stereocenters. The van der Waals surface area contributed by atoms with Gasteiger partial charge in [-0.3, -0.25) is 4.79 Å². The summed E-state index contributed by atoms with van der Waals surface area (Å²) in [5.41, 5.74) is 2.80. The first-order valence-electron chi connectivity index (χ1n) is 12.4. The number of nitrogens with zero attached hydrogens (tertiary/aromatic N) is 1. The Kier molecular flexibility index (Phi) is 7.34. The maximum absolute atomic E-state index is 12.9. The zero-order valence-corrected chi connectivity index (χ0v) is 21.3. The summed E-state index contributed by atoms with van der Waals surface area (Å²) in [4.78, 5) is 14.8. The van der Waals surface area contributed by atoms with Crippen molar-refractivity contribution in [1.29, 1.82) is 0 Å². The Hall–Kier alpha value is -3.56. The zero-order chi connectivity index (χ0) is 25.8. The molecule has 2 aliphatic rings. The Balaban J connectivity index is 1.11. The van der Waals surface area contributed by atoms with Gasteiger partial charge in [-0.05, 0) is 73.1 Å². The lowest BCUT2D eigenvalue weighted by Crippen LogP contribution is -2.41. The van der Waals surface area contributed by atoms with Crippen LogP contribution < -0.4 is 19.3 Å². The summed E-state index contributed by atoms with van der Waals surface area (Å²) in [5, 5.41) is 5.19. The summed E-state index contributed by atoms with van der Waals surface area (Å²) in [6.07, 6.45) is 4.01. The Morgan fingerprint density at radius 3 is 2.46 bits per heavy atom. The van der Waals surface area contributed by atoms with Gasteiger partial charge in [-0.15, -0.1) is 0 Å². The van der Waals surface area contributed by atoms with Gasteiger partial charge in [0.2, 0.25) is 16.8 Å². The molecule has 1 saturated heterocycles. The van der Waals surface area contributed by atoms with E-state index in [1.54, 1.807) is 18.2 Å². The Labute approximate surface area is 217 Å². The standard InChI is InChI=1S/C28H30N2O6S/c29-37(32,33)23-10-8-22(9-11-23)24-3-1-2-4-25(24)34-18-28(31)30-15-13-20(14-16-30)5-6-21-7-12-26-27(17-21)36-19-35-26/h1-4,7-12,17,20H,5-6,13-16,18-19H2,(H2,29,32,33). The average Bonchev–Trinajstić information content (AvgIpc) is 3.39. The molecule has 0 spiro atoms. The van der Waals surface area contributed by atoms with Crippen LogP contribution in [0.5, 0.6) is 17.2 Å². The first-order chi connectivity index (χ1) is 17.9. The minimum atomic E-state index is -3.76. The summed E-state index contributed by atoms with van der Waals surface area (Å²) >= 11 is 0. The first-order valence-corrected chi connectivity index (χ1v) is 13.9. The van der Waals surface area contributed by atoms with E-state index in [4.69, 9.17) is 19.3 Å². The number of primary sulfonamides is 1. The average molecular weight is 523 g/mol. The van der Waals surface area contributed by atoms with E-state index in [2.05, 4.69) is 12.1 Å². The van der Waals surface area contributed by atoms with Crippen LogP contribution in [0.1, 0.15) is 24.8 Å². The number of rotatable bonds is 8. The zero-order valence-electron chi connectivity index (χ0n) is 20.5. The predicted molar refractivity (Wildman–Crippen MR) is 139 cm³/mol. The van der Waals surface area contributed by atoms with Gasteiger partial charge in [0.05, 0.1) is 4.90 Å². The number of ether oxygens (including phenoxy) is 3. The number of benzene rings is 3. The summed E-state index contributed by atoms with van der Waals surface area (Å²) in [6.45, 7) is 1.69. The molecule has 194 valence electrons. The maximum atomic E-state index is 12.9. The van der Waals surface area contributed by atoms with Crippen molar-refractivity contribution in [3.8, 4) is 28.4 Å². The van der Waals surface area contributed by atoms with Crippen LogP contribution in [-0.2, 0) is 21.2 Å². The number of sulfonamides is 1. The highest BCUT2D eigenvalue weighted by atomic mass is 32.2. The van der Waals surface area contributed by atoms with Gasteiger partial charge in [0.25, 0.3) is 5.91 Å². The lowest BCUT2D eigenvalue weighted by molar-refractivity contribution is -0.134. The number of carbonyl (C=O) groups excluding carboxylic acids is 1. The largest absolute Gasteiger partial charge is 0.483 e. The number of hydrogen-bond donors (Lipinski definition) is 1. The third-order valence-electron chi connectivity index (χ3n) is 6.98. The number of amides is 1. The number of hydrogen-bond acceptors (Lipinski definition) is 6. The van der Waals surface area contributed by atoms with Gasteiger partial charge in [0.1, 0.15) is 5.75 Å². The molecule has 2 N–H and O–H groups in total. The molecule has 37 heavy (non-hydrogen) atoms. The molecule has 0 saturated carbocycles. The molecule has 0 aliphatic carbocycles. The van der Waals surface area contributed by atoms with Crippen molar-refractivity contribution >= 4 is 15.9 Å². The van der Waals surface area contributed by atoms with E-state index in [1.807, 2.05) is 29.2 Å². The lowest BCUT2D eigenvalue weighted by atomic mass is 9.90. The van der Waals surface area contributed by atoms with Crippen LogP contribution in [0.3, 0.4) is 0 Å². The van der Waals surface area contributed by atoms with Gasteiger partial charge in [-0.2, -0.15) is 0 Å². The van der Waals surface area contributed by atoms with Crippen LogP contribution in [0.15, 0.2) is 71.6 Å². The third kappa shape index (κ3) is 6.06. The second kappa shape index (κ2) is 10.8. The fraction of sp³-hybridized carbons (Fsp3) is 0.321. The summed E-state index contributed by atoms with van der Waals surface area (Å²) in [6, 6.07) is 19.8. The Morgan fingerprint density at radius 2 is 1.70 bits per heavy atom. The summed E-state index contributed by atoms with van der Waals surface area (Å²) in [5.74, 6) is 2.74. The van der Waals surface area contributed by atoms with Gasteiger partial charge >= 0.3 is 0 Å². The molecule has 9 heteroatoms. The van der Waals surface area contributed by atoms with E-state index in [0.29, 0.717) is 11.7 Å². The molecule has 0 aromatic heterocycles. The van der Waals surface area contributed by atoms with Gasteiger partial charge in [0, 0.05) is 18.7 Å². The molecular formula is C28H30N2O6S. The quantitative estimate of drug-likeness (QED) is 0.480. The van der Waals surface area contributed by atoms with Crippen LogP contribution in [-0.4, -0.2) is 45.7 Å². The molecule has 2 aliphatic heterocycles. The topological polar surface area (TPSA) is 108 Å². The fourth-order valence-corrected chi connectivity index (χ4v) is 5.34. The molecule has 0 radical (unpaired) electrons. The minimum Gasteiger partial charge on any atom is -0.483 e. The van der Waals surface area contributed by atoms with E-state index >= 15 is 0 Å². The Morgan fingerprint density at radius 1 is 0.973 bits per heavy atom. The van der Waals surface area contributed by atoms with Gasteiger partial charge in [-0.25, -0.2) is 13.6 Å². The first kappa shape index (κ1) is 25.1. The smallest absolute Gasteiger partial charge is 0.260 e. The number of nitrogens with two attached hydrogens (primary N) is 1. The van der Waals surface area contributed by atoms with Crippen molar-refractivity contribution in [2.45, 2.75) is 30.6 Å². The molecule has 0 atom stereocenters. The summed E-state index contributed by atoms with van der Waals surface area (Å²) < 4.78 is 39.8. The molecule has 2 heterocycles. The van der Waals surface area contributed by atoms with Crippen LogP contribution in [0, 0.1) is 5.92 Å². The van der Waals surface area contributed by atoms with Crippen molar-refractivity contribution in [2.24, 2.45) is 11.1 Å². The number of fused-ring (bicyclic) bond motifs is 1. The lowest BCUT2D eigenvalue weighted by Gasteiger charge is -2.32. The molecule has 8 nitrogen and oxygen atoms in total. The molecule has 5 rings (SSSR count). The Bertz CT molecular complexity index is 1370. The van der Waals surface area contributed by atoms with Crippen LogP contribution >= 0.6 is 0 Å². The number of piperidine rings is 1. The monoisotopic (exact) mass is 522 g/mol. The second-order valence-corrected chi connectivity index (χ2v) is 11.0. The molecule has 3 aromatic rings. The predicted octanol–water partition coefficient (Wildman–Crippen LogP) is 3.98. The highest BCUT2D eigenvalue weighted by Gasteiger charge is 2.23. The highest BCUT2D eigenvalue weighted by Crippen LogP contribution is 2.34. The molecular weight excluding hydrogens is 492 g/mol. The SMILES string of the molecule is NS(=O)(=O)c1ccc(-c2ccccc2OCC(=O)N2CCC(CCc3ccc4c(c3)OCO4)CC2)cc1. The van der Waals surface area contributed by atoms with E-state index in [1.165, 1.54) is 17.7 Å². The van der Waals surface area contributed by atoms with Crippen LogP contribution in [0.2, 0.25) is 0 Å². The van der Waals surface area contributed by atoms with Crippen LogP contribution in [0.25, 0.3) is 11.1 Å². The van der Waals surface area contributed by atoms with Crippen molar-refractivity contribution in [3.05, 3.63) is 72.3 Å². The van der Waals surface area contributed by atoms with Crippen LogP contribution in [0.4, 0.5) is 0 Å². The third-order valence-corrected chi connectivity index (χ3v) is 7.91. The molecule has 0 bridgehead atoms. The molecule has 3 aromatic carbocycles. The second-order valence-electron chi connectivity index (χ2n) is 9.40. The van der Waals surface area contributed by atoms with Crippen molar-refractivity contribution in [3.63, 3.8) is 0 Å². The van der Waals surface area contributed by atoms with Crippen molar-refractivity contribution in [1.82, 2.24) is 4.90 Å². The number of aryl methyl sites for hydroxylation is 1. The van der Waals surface area contributed by atoms with E-state index in [9.17, 15) is 13.2 Å². The van der Waals surface area contributed by atoms with Crippen molar-refractivity contribution in [2.75, 3.05) is 26.5 Å². The maximum Gasteiger partial charge on any atom is 0.260 e. The number of carbonyl (C=O) groups is 1. The summed E-state index contributed by atoms with van der Waals surface area (Å²) in [7, 11) is -3.76. The highest BCUT2D eigenvalue weighted by molar-refractivity contribution is 7.89. The van der Waals surface area contributed by atoms with E-state index < -0.39 is 10.0 Å². The molecule has 1 fully saturated rings. The number of likely N-dealkylation sites (tertiary alicyclic amines) is 1. The molecule has 1 amide bonds. The number of para-hydroxylation sites is 1. The van der Waals surface area contributed by atoms with E-state index in [-0.39, 0.29) is 24.2 Å². The van der Waals surface area contributed by atoms with Gasteiger partial charge in [-0.1, -0.05) is 36.4 Å². The van der Waals surface area contributed by atoms with E-state index in [0.717, 1.165) is 61.4 Å². The van der Waals surface area contributed by atoms with Crippen molar-refractivity contribution < 1.29 is 27.4 Å². The normalized spacial score (nSPS) is 15.5. The fourth-order valence-electron chi connectivity index (χ4n) is 4.82.